The lowest BCUT2D eigenvalue weighted by Gasteiger charge is -2.05. The Hall–Kier alpha value is -2.38. The molecule has 0 unspecified atom stereocenters. The number of fused-ring (bicyclic) bond motifs is 5. The molecule has 0 fully saturated rings. The van der Waals surface area contributed by atoms with Crippen LogP contribution >= 0.6 is 11.3 Å². The maximum Gasteiger partial charge on any atom is 0.0361 e. The van der Waals surface area contributed by atoms with Crippen LogP contribution in [0.2, 0.25) is 0 Å². The van der Waals surface area contributed by atoms with Crippen LogP contribution in [-0.4, -0.2) is 0 Å². The minimum Gasteiger partial charge on any atom is -0.135 e. The summed E-state index contributed by atoms with van der Waals surface area (Å²) in [7, 11) is 0. The van der Waals surface area contributed by atoms with Gasteiger partial charge in [0.05, 0.1) is 0 Å². The molecule has 5 rings (SSSR count). The van der Waals surface area contributed by atoms with Crippen molar-refractivity contribution in [1.29, 1.82) is 0 Å². The summed E-state index contributed by atoms with van der Waals surface area (Å²) in [6, 6.07) is 25.4. The van der Waals surface area contributed by atoms with Crippen LogP contribution in [0.5, 0.6) is 0 Å². The SMILES string of the molecule is CCCCCCCCCCc1ccc2cc3sc4cc5ccccc5cc4c3cc2c1. The van der Waals surface area contributed by atoms with E-state index in [0.29, 0.717) is 0 Å². The number of hydrogen-bond acceptors (Lipinski definition) is 1. The summed E-state index contributed by atoms with van der Waals surface area (Å²) in [5.41, 5.74) is 1.49. The van der Waals surface area contributed by atoms with E-state index >= 15 is 0 Å². The molecule has 0 bridgehead atoms. The molecule has 31 heavy (non-hydrogen) atoms. The van der Waals surface area contributed by atoms with Gasteiger partial charge < -0.3 is 0 Å². The molecule has 158 valence electrons. The molecule has 0 aliphatic rings. The zero-order chi connectivity index (χ0) is 21.0. The summed E-state index contributed by atoms with van der Waals surface area (Å²) in [6.45, 7) is 2.29. The van der Waals surface area contributed by atoms with Crippen LogP contribution in [0.25, 0.3) is 41.7 Å². The van der Waals surface area contributed by atoms with Gasteiger partial charge >= 0.3 is 0 Å². The van der Waals surface area contributed by atoms with E-state index in [0.717, 1.165) is 0 Å². The van der Waals surface area contributed by atoms with Gasteiger partial charge in [0.15, 0.2) is 0 Å². The number of benzene rings is 4. The van der Waals surface area contributed by atoms with Gasteiger partial charge in [0, 0.05) is 20.2 Å². The Morgan fingerprint density at radius 1 is 0.548 bits per heavy atom. The molecule has 0 atom stereocenters. The van der Waals surface area contributed by atoms with E-state index in [-0.39, 0.29) is 0 Å². The molecule has 1 aromatic heterocycles. The molecular formula is C30H32S. The Balaban J connectivity index is 1.35. The fraction of sp³-hybridized carbons (Fsp3) is 0.333. The van der Waals surface area contributed by atoms with Gasteiger partial charge in [-0.3, -0.25) is 0 Å². The zero-order valence-electron chi connectivity index (χ0n) is 18.6. The van der Waals surface area contributed by atoms with E-state index < -0.39 is 0 Å². The Bertz CT molecular complexity index is 1320. The van der Waals surface area contributed by atoms with E-state index in [1.54, 1.807) is 0 Å². The lowest BCUT2D eigenvalue weighted by Crippen LogP contribution is -1.87. The van der Waals surface area contributed by atoms with E-state index in [1.807, 2.05) is 11.3 Å². The molecule has 1 heterocycles. The number of hydrogen-bond donors (Lipinski definition) is 0. The first kappa shape index (κ1) is 20.5. The van der Waals surface area contributed by atoms with E-state index in [9.17, 15) is 0 Å². The number of unbranched alkanes of at least 4 members (excludes halogenated alkanes) is 7. The predicted octanol–water partition coefficient (Wildman–Crippen LogP) is 10.0. The van der Waals surface area contributed by atoms with E-state index in [2.05, 4.69) is 73.7 Å². The van der Waals surface area contributed by atoms with Gasteiger partial charge in [0.1, 0.15) is 0 Å². The highest BCUT2D eigenvalue weighted by Gasteiger charge is 2.09. The Labute approximate surface area is 189 Å². The minimum atomic E-state index is 1.21. The monoisotopic (exact) mass is 424 g/mol. The van der Waals surface area contributed by atoms with Crippen molar-refractivity contribution in [3.05, 3.63) is 72.3 Å². The summed E-state index contributed by atoms with van der Waals surface area (Å²) in [5, 5.41) is 8.22. The predicted molar refractivity (Wildman–Crippen MR) is 141 cm³/mol. The van der Waals surface area contributed by atoms with E-state index in [4.69, 9.17) is 0 Å². The highest BCUT2D eigenvalue weighted by molar-refractivity contribution is 7.26. The minimum absolute atomic E-state index is 1.21. The molecule has 0 amide bonds. The van der Waals surface area contributed by atoms with Crippen LogP contribution in [0.15, 0.2) is 66.7 Å². The van der Waals surface area contributed by atoms with Crippen molar-refractivity contribution in [2.24, 2.45) is 0 Å². The fourth-order valence-corrected chi connectivity index (χ4v) is 6.04. The molecule has 0 aliphatic carbocycles. The summed E-state index contributed by atoms with van der Waals surface area (Å²) >= 11 is 1.92. The van der Waals surface area contributed by atoms with Crippen molar-refractivity contribution in [1.82, 2.24) is 0 Å². The fourth-order valence-electron chi connectivity index (χ4n) is 4.87. The van der Waals surface area contributed by atoms with E-state index in [1.165, 1.54) is 105 Å². The van der Waals surface area contributed by atoms with Gasteiger partial charge in [0.25, 0.3) is 0 Å². The highest BCUT2D eigenvalue weighted by atomic mass is 32.1. The van der Waals surface area contributed by atoms with Crippen LogP contribution in [0, 0.1) is 0 Å². The number of aryl methyl sites for hydroxylation is 1. The van der Waals surface area contributed by atoms with Crippen molar-refractivity contribution < 1.29 is 0 Å². The molecule has 0 radical (unpaired) electrons. The smallest absolute Gasteiger partial charge is 0.0361 e. The molecule has 1 heteroatoms. The largest absolute Gasteiger partial charge is 0.135 e. The molecule has 4 aromatic carbocycles. The van der Waals surface area contributed by atoms with Gasteiger partial charge in [-0.2, -0.15) is 0 Å². The molecule has 0 N–H and O–H groups in total. The second-order valence-electron chi connectivity index (χ2n) is 9.05. The van der Waals surface area contributed by atoms with Crippen LogP contribution in [0.4, 0.5) is 0 Å². The molecule has 0 spiro atoms. The van der Waals surface area contributed by atoms with Gasteiger partial charge in [-0.1, -0.05) is 94.3 Å². The van der Waals surface area contributed by atoms with Gasteiger partial charge in [-0.15, -0.1) is 11.3 Å². The second kappa shape index (κ2) is 9.40. The first-order valence-electron chi connectivity index (χ1n) is 12.1. The van der Waals surface area contributed by atoms with Crippen molar-refractivity contribution in [3.63, 3.8) is 0 Å². The highest BCUT2D eigenvalue weighted by Crippen LogP contribution is 2.38. The van der Waals surface area contributed by atoms with Crippen molar-refractivity contribution >= 4 is 53.1 Å². The van der Waals surface area contributed by atoms with Crippen molar-refractivity contribution in [2.75, 3.05) is 0 Å². The molecule has 0 saturated heterocycles. The molecular weight excluding hydrogens is 392 g/mol. The third-order valence-corrected chi connectivity index (χ3v) is 7.80. The molecule has 0 aliphatic heterocycles. The topological polar surface area (TPSA) is 0 Å². The zero-order valence-corrected chi connectivity index (χ0v) is 19.4. The van der Waals surface area contributed by atoms with Crippen LogP contribution in [0.1, 0.15) is 63.9 Å². The lowest BCUT2D eigenvalue weighted by molar-refractivity contribution is 0.575. The van der Waals surface area contributed by atoms with Crippen molar-refractivity contribution in [3.8, 4) is 0 Å². The van der Waals surface area contributed by atoms with Gasteiger partial charge in [0.2, 0.25) is 0 Å². The molecule has 0 saturated carbocycles. The van der Waals surface area contributed by atoms with Crippen LogP contribution in [-0.2, 0) is 6.42 Å². The van der Waals surface area contributed by atoms with Crippen molar-refractivity contribution in [2.45, 2.75) is 64.7 Å². The summed E-state index contributed by atoms with van der Waals surface area (Å²) in [5.74, 6) is 0. The summed E-state index contributed by atoms with van der Waals surface area (Å²) in [6.07, 6.45) is 12.3. The average molecular weight is 425 g/mol. The maximum atomic E-state index is 2.43. The average Bonchev–Trinajstić information content (AvgIpc) is 3.13. The first-order chi connectivity index (χ1) is 15.3. The molecule has 0 nitrogen and oxygen atoms in total. The normalized spacial score (nSPS) is 11.9. The standard InChI is InChI=1S/C30H32S/c1-2-3-4-5-6-7-8-9-12-22-15-16-25-21-30-28(19-26(25)17-22)27-18-23-13-10-11-14-24(23)20-29(27)31-30/h10-11,13-21H,2-9,12H2,1H3. The second-order valence-corrected chi connectivity index (χ2v) is 10.1. The first-order valence-corrected chi connectivity index (χ1v) is 12.9. The Kier molecular flexibility index (Phi) is 6.22. The van der Waals surface area contributed by atoms with Gasteiger partial charge in [-0.05, 0) is 64.2 Å². The number of rotatable bonds is 9. The lowest BCUT2D eigenvalue weighted by atomic mass is 9.99. The number of thiophene rings is 1. The van der Waals surface area contributed by atoms with Gasteiger partial charge in [-0.25, -0.2) is 0 Å². The Morgan fingerprint density at radius 3 is 1.84 bits per heavy atom. The van der Waals surface area contributed by atoms with Crippen LogP contribution in [0.3, 0.4) is 0 Å². The molecule has 5 aromatic rings. The summed E-state index contributed by atoms with van der Waals surface area (Å²) in [4.78, 5) is 0. The third-order valence-electron chi connectivity index (χ3n) is 6.68. The quantitative estimate of drug-likeness (QED) is 0.206. The van der Waals surface area contributed by atoms with Crippen LogP contribution < -0.4 is 0 Å². The Morgan fingerprint density at radius 2 is 1.13 bits per heavy atom. The third kappa shape index (κ3) is 4.48. The maximum absolute atomic E-state index is 2.43. The summed E-state index contributed by atoms with van der Waals surface area (Å²) < 4.78 is 2.79.